The van der Waals surface area contributed by atoms with Crippen molar-refractivity contribution < 1.29 is 4.79 Å². The molecule has 0 spiro atoms. The second-order valence-electron chi connectivity index (χ2n) is 4.41. The molecule has 0 radical (unpaired) electrons. The molecule has 0 aliphatic carbocycles. The van der Waals surface area contributed by atoms with Gasteiger partial charge in [-0.15, -0.1) is 0 Å². The summed E-state index contributed by atoms with van der Waals surface area (Å²) < 4.78 is 4.39. The Hall–Kier alpha value is -1.63. The van der Waals surface area contributed by atoms with E-state index >= 15 is 0 Å². The van der Waals surface area contributed by atoms with Crippen molar-refractivity contribution in [3.05, 3.63) is 10.5 Å². The van der Waals surface area contributed by atoms with Gasteiger partial charge in [0.1, 0.15) is 5.52 Å². The van der Waals surface area contributed by atoms with Crippen LogP contribution in [0.5, 0.6) is 0 Å². The topological polar surface area (TPSA) is 67.6 Å². The van der Waals surface area contributed by atoms with Crippen LogP contribution in [0.2, 0.25) is 0 Å². The van der Waals surface area contributed by atoms with E-state index in [0.717, 1.165) is 23.3 Å². The molecule has 0 saturated carbocycles. The van der Waals surface area contributed by atoms with Crippen LogP contribution < -0.4 is 5.32 Å². The average Bonchev–Trinajstić information content (AvgIpc) is 2.85. The Morgan fingerprint density at radius 2 is 2.21 bits per heavy atom. The maximum absolute atomic E-state index is 11.5. The third-order valence-electron chi connectivity index (χ3n) is 3.09. The van der Waals surface area contributed by atoms with E-state index < -0.39 is 0 Å². The number of nitrogens with one attached hydrogen (secondary N) is 2. The molecule has 2 heterocycles. The molecule has 2 N–H and O–H groups in total. The fourth-order valence-electron chi connectivity index (χ4n) is 2.23. The standard InChI is InChI=1S/C12H19N5OS/c1-4-8-10-11(16(3)15-8)17(12(19)14-10)7-6-9(18)13-5-2/h4-7H2,1-3H3,(H,13,18)(H,14,19). The molecule has 2 aromatic heterocycles. The van der Waals surface area contributed by atoms with Gasteiger partial charge in [-0.2, -0.15) is 5.10 Å². The van der Waals surface area contributed by atoms with Gasteiger partial charge in [-0.1, -0.05) is 6.92 Å². The summed E-state index contributed by atoms with van der Waals surface area (Å²) in [4.78, 5) is 14.7. The Labute approximate surface area is 116 Å². The largest absolute Gasteiger partial charge is 0.356 e. The molecule has 0 aromatic carbocycles. The molecule has 7 heteroatoms. The van der Waals surface area contributed by atoms with E-state index in [1.807, 2.05) is 23.2 Å². The predicted molar refractivity (Wildman–Crippen MR) is 76.6 cm³/mol. The van der Waals surface area contributed by atoms with Crippen molar-refractivity contribution in [1.82, 2.24) is 24.6 Å². The molecule has 2 aromatic rings. The van der Waals surface area contributed by atoms with Crippen molar-refractivity contribution in [2.75, 3.05) is 6.54 Å². The number of carbonyl (C=O) groups is 1. The van der Waals surface area contributed by atoms with Crippen LogP contribution in [0.15, 0.2) is 0 Å². The first-order valence-electron chi connectivity index (χ1n) is 6.49. The lowest BCUT2D eigenvalue weighted by Crippen LogP contribution is -2.23. The Kier molecular flexibility index (Phi) is 4.04. The van der Waals surface area contributed by atoms with Gasteiger partial charge in [0, 0.05) is 26.6 Å². The number of aryl methyl sites for hydroxylation is 3. The molecule has 1 amide bonds. The lowest BCUT2D eigenvalue weighted by atomic mass is 10.3. The zero-order valence-corrected chi connectivity index (χ0v) is 12.3. The molecule has 2 rings (SSSR count). The van der Waals surface area contributed by atoms with Gasteiger partial charge in [-0.25, -0.2) is 0 Å². The molecule has 19 heavy (non-hydrogen) atoms. The van der Waals surface area contributed by atoms with Gasteiger partial charge in [0.25, 0.3) is 0 Å². The predicted octanol–water partition coefficient (Wildman–Crippen LogP) is 1.52. The van der Waals surface area contributed by atoms with Crippen LogP contribution in [0.3, 0.4) is 0 Å². The normalized spacial score (nSPS) is 11.1. The van der Waals surface area contributed by atoms with Gasteiger partial charge in [0.15, 0.2) is 10.4 Å². The summed E-state index contributed by atoms with van der Waals surface area (Å²) in [5.41, 5.74) is 2.93. The maximum Gasteiger partial charge on any atom is 0.221 e. The van der Waals surface area contributed by atoms with Crippen LogP contribution in [-0.4, -0.2) is 31.8 Å². The minimum absolute atomic E-state index is 0.0385. The summed E-state index contributed by atoms with van der Waals surface area (Å²) in [6.07, 6.45) is 1.27. The van der Waals surface area contributed by atoms with Gasteiger partial charge in [0.05, 0.1) is 5.69 Å². The third-order valence-corrected chi connectivity index (χ3v) is 3.42. The van der Waals surface area contributed by atoms with Crippen molar-refractivity contribution in [3.8, 4) is 0 Å². The number of nitrogens with zero attached hydrogens (tertiary/aromatic N) is 3. The summed E-state index contributed by atoms with van der Waals surface area (Å²) in [5.74, 6) is 0.0385. The van der Waals surface area contributed by atoms with E-state index in [0.29, 0.717) is 24.3 Å². The highest BCUT2D eigenvalue weighted by Gasteiger charge is 2.14. The third kappa shape index (κ3) is 2.56. The number of aromatic amines is 1. The molecular weight excluding hydrogens is 262 g/mol. The summed E-state index contributed by atoms with van der Waals surface area (Å²) in [6.45, 7) is 5.18. The van der Waals surface area contributed by atoms with E-state index in [4.69, 9.17) is 12.2 Å². The van der Waals surface area contributed by atoms with Crippen LogP contribution >= 0.6 is 12.2 Å². The van der Waals surface area contributed by atoms with Gasteiger partial charge < -0.3 is 14.9 Å². The molecule has 6 nitrogen and oxygen atoms in total. The second-order valence-corrected chi connectivity index (χ2v) is 4.79. The van der Waals surface area contributed by atoms with Crippen molar-refractivity contribution in [1.29, 1.82) is 0 Å². The zero-order valence-electron chi connectivity index (χ0n) is 11.5. The number of rotatable bonds is 5. The number of aromatic nitrogens is 4. The molecule has 0 fully saturated rings. The number of fused-ring (bicyclic) bond motifs is 1. The average molecular weight is 281 g/mol. The van der Waals surface area contributed by atoms with Crippen LogP contribution in [0.4, 0.5) is 0 Å². The van der Waals surface area contributed by atoms with E-state index in [-0.39, 0.29) is 5.91 Å². The Balaban J connectivity index is 2.33. The zero-order chi connectivity index (χ0) is 14.0. The molecule has 0 bridgehead atoms. The first-order chi connectivity index (χ1) is 9.08. The summed E-state index contributed by atoms with van der Waals surface area (Å²) >= 11 is 5.33. The van der Waals surface area contributed by atoms with Gasteiger partial charge in [-0.3, -0.25) is 9.48 Å². The summed E-state index contributed by atoms with van der Waals surface area (Å²) in [6, 6.07) is 0. The van der Waals surface area contributed by atoms with Crippen molar-refractivity contribution in [2.45, 2.75) is 33.2 Å². The lowest BCUT2D eigenvalue weighted by Gasteiger charge is -2.05. The van der Waals surface area contributed by atoms with Crippen molar-refractivity contribution >= 4 is 29.3 Å². The fraction of sp³-hybridized carbons (Fsp3) is 0.583. The van der Waals surface area contributed by atoms with E-state index in [2.05, 4.69) is 22.3 Å². The van der Waals surface area contributed by atoms with E-state index in [1.54, 1.807) is 0 Å². The first-order valence-corrected chi connectivity index (χ1v) is 6.90. The van der Waals surface area contributed by atoms with Crippen molar-refractivity contribution in [3.63, 3.8) is 0 Å². The summed E-state index contributed by atoms with van der Waals surface area (Å²) in [5, 5.41) is 7.24. The van der Waals surface area contributed by atoms with Gasteiger partial charge >= 0.3 is 0 Å². The smallest absolute Gasteiger partial charge is 0.221 e. The Morgan fingerprint density at radius 1 is 1.47 bits per heavy atom. The monoisotopic (exact) mass is 281 g/mol. The van der Waals surface area contributed by atoms with Gasteiger partial charge in [0.2, 0.25) is 5.91 Å². The highest BCUT2D eigenvalue weighted by molar-refractivity contribution is 7.71. The minimum Gasteiger partial charge on any atom is -0.356 e. The van der Waals surface area contributed by atoms with E-state index in [1.165, 1.54) is 0 Å². The molecule has 0 atom stereocenters. The van der Waals surface area contributed by atoms with Crippen molar-refractivity contribution in [2.24, 2.45) is 7.05 Å². The number of H-pyrrole nitrogens is 1. The van der Waals surface area contributed by atoms with Crippen LogP contribution in [0, 0.1) is 4.77 Å². The summed E-state index contributed by atoms with van der Waals surface area (Å²) in [7, 11) is 1.90. The molecule has 0 unspecified atom stereocenters. The van der Waals surface area contributed by atoms with Crippen LogP contribution in [-0.2, 0) is 24.8 Å². The van der Waals surface area contributed by atoms with Gasteiger partial charge in [-0.05, 0) is 25.6 Å². The first kappa shape index (κ1) is 13.8. The molecule has 0 aliphatic heterocycles. The molecular formula is C12H19N5OS. The number of amides is 1. The highest BCUT2D eigenvalue weighted by atomic mass is 32.1. The number of carbonyl (C=O) groups excluding carboxylic acids is 1. The fourth-order valence-corrected chi connectivity index (χ4v) is 2.51. The Morgan fingerprint density at radius 3 is 2.84 bits per heavy atom. The lowest BCUT2D eigenvalue weighted by molar-refractivity contribution is -0.121. The van der Waals surface area contributed by atoms with Crippen LogP contribution in [0.1, 0.15) is 26.0 Å². The molecule has 0 aliphatic rings. The molecule has 0 saturated heterocycles. The highest BCUT2D eigenvalue weighted by Crippen LogP contribution is 2.18. The minimum atomic E-state index is 0.0385. The Bertz CT molecular complexity index is 651. The van der Waals surface area contributed by atoms with Crippen LogP contribution in [0.25, 0.3) is 11.2 Å². The maximum atomic E-state index is 11.5. The SMILES string of the molecule is CCNC(=O)CCn1c(=S)[nH]c2c(CC)nn(C)c21. The second kappa shape index (κ2) is 5.56. The molecule has 104 valence electrons. The number of hydrogen-bond donors (Lipinski definition) is 2. The number of hydrogen-bond acceptors (Lipinski definition) is 3. The quantitative estimate of drug-likeness (QED) is 0.817. The number of imidazole rings is 1. The van der Waals surface area contributed by atoms with E-state index in [9.17, 15) is 4.79 Å².